The Hall–Kier alpha value is -1.89. The van der Waals surface area contributed by atoms with Crippen molar-refractivity contribution in [1.82, 2.24) is 4.98 Å². The topological polar surface area (TPSA) is 37.6 Å². The minimum absolute atomic E-state index is 0.110. The molecule has 0 spiro atoms. The molecule has 0 atom stereocenters. The number of para-hydroxylation sites is 1. The SMILES string of the molecule is Cc1ccc(SCC(=O)N(CC[NH+](C)C)c2nc3c(C)cccc3s2)cc1. The Balaban J connectivity index is 1.79. The highest BCUT2D eigenvalue weighted by atomic mass is 32.2. The Labute approximate surface area is 169 Å². The minimum atomic E-state index is 0.110. The molecular formula is C21H26N3OS2+. The zero-order valence-electron chi connectivity index (χ0n) is 16.3. The molecule has 3 aromatic rings. The number of nitrogens with one attached hydrogen (secondary N) is 1. The van der Waals surface area contributed by atoms with Crippen LogP contribution in [-0.4, -0.2) is 43.8 Å². The molecule has 1 amide bonds. The summed E-state index contributed by atoms with van der Waals surface area (Å²) in [7, 11) is 4.21. The molecule has 0 fully saturated rings. The van der Waals surface area contributed by atoms with E-state index in [9.17, 15) is 4.79 Å². The van der Waals surface area contributed by atoms with Gasteiger partial charge in [-0.25, -0.2) is 4.98 Å². The summed E-state index contributed by atoms with van der Waals surface area (Å²) >= 11 is 3.18. The van der Waals surface area contributed by atoms with Crippen LogP contribution in [-0.2, 0) is 4.79 Å². The molecule has 2 aromatic carbocycles. The van der Waals surface area contributed by atoms with Crippen LogP contribution < -0.4 is 9.80 Å². The maximum Gasteiger partial charge on any atom is 0.239 e. The molecule has 1 N–H and O–H groups in total. The summed E-state index contributed by atoms with van der Waals surface area (Å²) in [5.74, 6) is 0.527. The molecule has 1 aromatic heterocycles. The Bertz CT molecular complexity index is 919. The van der Waals surface area contributed by atoms with Gasteiger partial charge >= 0.3 is 0 Å². The highest BCUT2D eigenvalue weighted by Gasteiger charge is 2.21. The first kappa shape index (κ1) is 19.9. The highest BCUT2D eigenvalue weighted by molar-refractivity contribution is 8.00. The zero-order valence-corrected chi connectivity index (χ0v) is 17.9. The fraction of sp³-hybridized carbons (Fsp3) is 0.333. The van der Waals surface area contributed by atoms with Crippen molar-refractivity contribution in [3.8, 4) is 0 Å². The summed E-state index contributed by atoms with van der Waals surface area (Å²) in [4.78, 5) is 22.1. The van der Waals surface area contributed by atoms with Crippen molar-refractivity contribution in [3.63, 3.8) is 0 Å². The number of amides is 1. The van der Waals surface area contributed by atoms with Crippen LogP contribution in [0.3, 0.4) is 0 Å². The monoisotopic (exact) mass is 400 g/mol. The smallest absolute Gasteiger partial charge is 0.239 e. The number of hydrogen-bond donors (Lipinski definition) is 1. The third-order valence-corrected chi connectivity index (χ3v) is 6.40. The van der Waals surface area contributed by atoms with Crippen LogP contribution in [0.15, 0.2) is 47.4 Å². The molecule has 0 unspecified atom stereocenters. The van der Waals surface area contributed by atoms with Gasteiger partial charge < -0.3 is 4.90 Å². The number of hydrogen-bond acceptors (Lipinski definition) is 4. The van der Waals surface area contributed by atoms with Crippen LogP contribution in [0.2, 0.25) is 0 Å². The number of rotatable bonds is 7. The summed E-state index contributed by atoms with van der Waals surface area (Å²) in [5, 5.41) is 0.801. The largest absolute Gasteiger partial charge is 0.338 e. The fourth-order valence-corrected chi connectivity index (χ4v) is 4.57. The van der Waals surface area contributed by atoms with E-state index in [0.29, 0.717) is 12.3 Å². The summed E-state index contributed by atoms with van der Waals surface area (Å²) in [5.41, 5.74) is 3.37. The van der Waals surface area contributed by atoms with Gasteiger partial charge in [-0.05, 0) is 37.6 Å². The van der Waals surface area contributed by atoms with Gasteiger partial charge in [-0.1, -0.05) is 41.2 Å². The normalized spacial score (nSPS) is 11.3. The van der Waals surface area contributed by atoms with E-state index in [-0.39, 0.29) is 5.91 Å². The second-order valence-electron chi connectivity index (χ2n) is 7.02. The molecule has 0 aliphatic rings. The number of anilines is 1. The number of carbonyl (C=O) groups excluding carboxylic acids is 1. The Kier molecular flexibility index (Phi) is 6.52. The molecule has 6 heteroatoms. The van der Waals surface area contributed by atoms with Crippen LogP contribution in [0, 0.1) is 13.8 Å². The number of fused-ring (bicyclic) bond motifs is 1. The molecule has 142 valence electrons. The first-order valence-corrected chi connectivity index (χ1v) is 10.9. The molecule has 4 nitrogen and oxygen atoms in total. The number of quaternary nitrogens is 1. The van der Waals surface area contributed by atoms with Gasteiger partial charge in [0.1, 0.15) is 0 Å². The van der Waals surface area contributed by atoms with Crippen molar-refractivity contribution in [2.24, 2.45) is 0 Å². The molecule has 27 heavy (non-hydrogen) atoms. The van der Waals surface area contributed by atoms with Crippen molar-refractivity contribution < 1.29 is 9.69 Å². The third kappa shape index (κ3) is 5.09. The number of aryl methyl sites for hydroxylation is 2. The van der Waals surface area contributed by atoms with Gasteiger partial charge in [-0.2, -0.15) is 0 Å². The molecule has 0 aliphatic carbocycles. The Morgan fingerprint density at radius 3 is 2.56 bits per heavy atom. The van der Waals surface area contributed by atoms with Gasteiger partial charge in [0.05, 0.1) is 43.2 Å². The lowest BCUT2D eigenvalue weighted by molar-refractivity contribution is -0.856. The van der Waals surface area contributed by atoms with Gasteiger partial charge in [0.2, 0.25) is 5.91 Å². The summed E-state index contributed by atoms with van der Waals surface area (Å²) in [6, 6.07) is 14.5. The molecule has 0 bridgehead atoms. The van der Waals surface area contributed by atoms with Crippen molar-refractivity contribution in [1.29, 1.82) is 0 Å². The lowest BCUT2D eigenvalue weighted by Gasteiger charge is -2.20. The average molecular weight is 401 g/mol. The van der Waals surface area contributed by atoms with Crippen molar-refractivity contribution in [2.45, 2.75) is 18.7 Å². The van der Waals surface area contributed by atoms with Crippen molar-refractivity contribution >= 4 is 44.4 Å². The number of nitrogens with zero attached hydrogens (tertiary/aromatic N) is 2. The number of likely N-dealkylation sites (N-methyl/N-ethyl adjacent to an activating group) is 1. The maximum atomic E-state index is 13.0. The number of carbonyl (C=O) groups is 1. The van der Waals surface area contributed by atoms with Crippen LogP contribution in [0.25, 0.3) is 10.2 Å². The van der Waals surface area contributed by atoms with Crippen molar-refractivity contribution in [3.05, 3.63) is 53.6 Å². The van der Waals surface area contributed by atoms with Gasteiger partial charge in [0.15, 0.2) is 5.13 Å². The fourth-order valence-electron chi connectivity index (χ4n) is 2.71. The molecule has 0 saturated carbocycles. The Morgan fingerprint density at radius 1 is 1.15 bits per heavy atom. The van der Waals surface area contributed by atoms with E-state index in [1.54, 1.807) is 23.1 Å². The van der Waals surface area contributed by atoms with Gasteiger partial charge in [0.25, 0.3) is 0 Å². The van der Waals surface area contributed by atoms with Crippen LogP contribution >= 0.6 is 23.1 Å². The molecule has 3 rings (SSSR count). The zero-order chi connectivity index (χ0) is 19.4. The number of aromatic nitrogens is 1. The number of benzene rings is 2. The molecular weight excluding hydrogens is 374 g/mol. The third-order valence-electron chi connectivity index (χ3n) is 4.36. The van der Waals surface area contributed by atoms with E-state index >= 15 is 0 Å². The van der Waals surface area contributed by atoms with E-state index in [1.165, 1.54) is 10.5 Å². The van der Waals surface area contributed by atoms with Crippen LogP contribution in [0.4, 0.5) is 5.13 Å². The molecule has 0 saturated heterocycles. The van der Waals surface area contributed by atoms with Gasteiger partial charge in [0, 0.05) is 4.90 Å². The number of thiazole rings is 1. The lowest BCUT2D eigenvalue weighted by atomic mass is 10.2. The lowest BCUT2D eigenvalue weighted by Crippen LogP contribution is -3.06. The summed E-state index contributed by atoms with van der Waals surface area (Å²) in [6.45, 7) is 5.69. The number of thioether (sulfide) groups is 1. The van der Waals surface area contributed by atoms with Crippen LogP contribution in [0.1, 0.15) is 11.1 Å². The Morgan fingerprint density at radius 2 is 1.89 bits per heavy atom. The molecule has 0 radical (unpaired) electrons. The standard InChI is InChI=1S/C21H25N3OS2/c1-15-8-10-17(11-9-15)26-14-19(25)24(13-12-23(3)4)21-22-20-16(2)6-5-7-18(20)27-21/h5-11H,12-14H2,1-4H3/p+1. The second-order valence-corrected chi connectivity index (χ2v) is 9.08. The van der Waals surface area contributed by atoms with E-state index in [0.717, 1.165) is 32.4 Å². The summed E-state index contributed by atoms with van der Waals surface area (Å²) < 4.78 is 1.13. The first-order chi connectivity index (χ1) is 12.9. The van der Waals surface area contributed by atoms with E-state index in [4.69, 9.17) is 4.98 Å². The highest BCUT2D eigenvalue weighted by Crippen LogP contribution is 2.31. The maximum absolute atomic E-state index is 13.0. The molecule has 1 heterocycles. The quantitative estimate of drug-likeness (QED) is 0.619. The predicted octanol–water partition coefficient (Wildman–Crippen LogP) is 3.18. The van der Waals surface area contributed by atoms with Gasteiger partial charge in [-0.3, -0.25) is 9.69 Å². The van der Waals surface area contributed by atoms with E-state index < -0.39 is 0 Å². The van der Waals surface area contributed by atoms with Crippen LogP contribution in [0.5, 0.6) is 0 Å². The summed E-state index contributed by atoms with van der Waals surface area (Å²) in [6.07, 6.45) is 0. The van der Waals surface area contributed by atoms with Crippen molar-refractivity contribution in [2.75, 3.05) is 37.8 Å². The van der Waals surface area contributed by atoms with E-state index in [2.05, 4.69) is 64.3 Å². The van der Waals surface area contributed by atoms with E-state index in [1.807, 2.05) is 11.0 Å². The van der Waals surface area contributed by atoms with Gasteiger partial charge in [-0.15, -0.1) is 11.8 Å². The predicted molar refractivity (Wildman–Crippen MR) is 116 cm³/mol. The average Bonchev–Trinajstić information content (AvgIpc) is 3.06. The molecule has 0 aliphatic heterocycles. The first-order valence-electron chi connectivity index (χ1n) is 9.09. The second kappa shape index (κ2) is 8.87. The minimum Gasteiger partial charge on any atom is -0.338 e.